The Labute approximate surface area is 159 Å². The van der Waals surface area contributed by atoms with Gasteiger partial charge in [0.2, 0.25) is 0 Å². The molecular formula is C19H27N5O3. The second-order valence-electron chi connectivity index (χ2n) is 7.42. The molecule has 2 aromatic heterocycles. The zero-order chi connectivity index (χ0) is 18.9. The van der Waals surface area contributed by atoms with Crippen LogP contribution in [0.1, 0.15) is 29.9 Å². The maximum absolute atomic E-state index is 6.28. The first-order valence-corrected chi connectivity index (χ1v) is 9.48. The molecule has 4 heterocycles. The summed E-state index contributed by atoms with van der Waals surface area (Å²) in [6, 6.07) is 0. The Morgan fingerprint density at radius 2 is 1.93 bits per heavy atom. The topological polar surface area (TPSA) is 76.8 Å². The summed E-state index contributed by atoms with van der Waals surface area (Å²) in [6.45, 7) is 9.26. The van der Waals surface area contributed by atoms with Crippen LogP contribution in [-0.2, 0) is 11.3 Å². The Balaban J connectivity index is 1.41. The van der Waals surface area contributed by atoms with E-state index in [4.69, 9.17) is 14.0 Å². The van der Waals surface area contributed by atoms with Gasteiger partial charge in [-0.05, 0) is 26.7 Å². The van der Waals surface area contributed by atoms with Crippen LogP contribution in [0.3, 0.4) is 0 Å². The van der Waals surface area contributed by atoms with Crippen molar-refractivity contribution in [2.24, 2.45) is 0 Å². The van der Waals surface area contributed by atoms with Gasteiger partial charge in [-0.3, -0.25) is 4.90 Å². The van der Waals surface area contributed by atoms with E-state index in [2.05, 4.69) is 24.9 Å². The molecule has 0 saturated carbocycles. The van der Waals surface area contributed by atoms with Crippen LogP contribution in [0, 0.1) is 13.8 Å². The molecule has 0 aliphatic carbocycles. The summed E-state index contributed by atoms with van der Waals surface area (Å²) in [5.74, 6) is 2.31. The Kier molecular flexibility index (Phi) is 5.01. The maximum Gasteiger partial charge on any atom is 0.257 e. The fraction of sp³-hybridized carbons (Fsp3) is 0.632. The second kappa shape index (κ2) is 7.44. The quantitative estimate of drug-likeness (QED) is 0.805. The molecule has 27 heavy (non-hydrogen) atoms. The minimum Gasteiger partial charge on any atom is -0.478 e. The third-order valence-corrected chi connectivity index (χ3v) is 5.70. The first-order chi connectivity index (χ1) is 13.1. The molecule has 2 saturated heterocycles. The summed E-state index contributed by atoms with van der Waals surface area (Å²) in [5.41, 5.74) is 2.09. The average molecular weight is 373 g/mol. The smallest absolute Gasteiger partial charge is 0.257 e. The normalized spacial score (nSPS) is 20.2. The standard InChI is InChI=1S/C19H27N5O3/c1-14-16(15(2)27-22-14)12-23-10-11-26-19(13-23)4-8-24(9-5-19)17-18(25-3)21-7-6-20-17/h6-7H,4-5,8-13H2,1-3H3. The predicted octanol–water partition coefficient (Wildman–Crippen LogP) is 1.96. The number of rotatable bonds is 4. The van der Waals surface area contributed by atoms with Gasteiger partial charge in [-0.1, -0.05) is 5.16 Å². The predicted molar refractivity (Wildman–Crippen MR) is 100.0 cm³/mol. The lowest BCUT2D eigenvalue weighted by molar-refractivity contribution is -0.123. The summed E-state index contributed by atoms with van der Waals surface area (Å²) in [5, 5.41) is 4.08. The van der Waals surface area contributed by atoms with Crippen molar-refractivity contribution in [2.45, 2.75) is 38.8 Å². The molecule has 0 radical (unpaired) electrons. The number of methoxy groups -OCH3 is 1. The number of hydrogen-bond donors (Lipinski definition) is 0. The third-order valence-electron chi connectivity index (χ3n) is 5.70. The van der Waals surface area contributed by atoms with E-state index in [0.717, 1.165) is 69.4 Å². The van der Waals surface area contributed by atoms with Gasteiger partial charge in [0, 0.05) is 50.7 Å². The van der Waals surface area contributed by atoms with E-state index < -0.39 is 0 Å². The van der Waals surface area contributed by atoms with E-state index in [1.807, 2.05) is 13.8 Å². The van der Waals surface area contributed by atoms with Crippen molar-refractivity contribution in [3.63, 3.8) is 0 Å². The zero-order valence-corrected chi connectivity index (χ0v) is 16.3. The van der Waals surface area contributed by atoms with Crippen molar-refractivity contribution in [2.75, 3.05) is 44.8 Å². The average Bonchev–Trinajstić information content (AvgIpc) is 3.01. The van der Waals surface area contributed by atoms with Crippen LogP contribution in [0.5, 0.6) is 5.88 Å². The Bertz CT molecular complexity index is 766. The van der Waals surface area contributed by atoms with Crippen LogP contribution in [0.15, 0.2) is 16.9 Å². The number of aromatic nitrogens is 3. The zero-order valence-electron chi connectivity index (χ0n) is 16.3. The molecule has 8 heteroatoms. The number of aryl methyl sites for hydroxylation is 2. The van der Waals surface area contributed by atoms with Crippen LogP contribution < -0.4 is 9.64 Å². The van der Waals surface area contributed by atoms with Crippen LogP contribution in [-0.4, -0.2) is 65.5 Å². The van der Waals surface area contributed by atoms with Crippen LogP contribution in [0.2, 0.25) is 0 Å². The SMILES string of the molecule is COc1nccnc1N1CCC2(CC1)CN(Cc1c(C)noc1C)CCO2. The molecule has 2 fully saturated rings. The number of ether oxygens (including phenoxy) is 2. The number of morpholine rings is 1. The van der Waals surface area contributed by atoms with E-state index in [1.54, 1.807) is 19.5 Å². The first-order valence-electron chi connectivity index (χ1n) is 9.48. The molecule has 8 nitrogen and oxygen atoms in total. The largest absolute Gasteiger partial charge is 0.478 e. The van der Waals surface area contributed by atoms with E-state index >= 15 is 0 Å². The van der Waals surface area contributed by atoms with E-state index in [0.29, 0.717) is 5.88 Å². The highest BCUT2D eigenvalue weighted by molar-refractivity contribution is 5.48. The summed E-state index contributed by atoms with van der Waals surface area (Å²) in [4.78, 5) is 13.4. The third kappa shape index (κ3) is 3.64. The van der Waals surface area contributed by atoms with Gasteiger partial charge in [0.1, 0.15) is 5.76 Å². The molecule has 4 rings (SSSR count). The van der Waals surface area contributed by atoms with E-state index in [-0.39, 0.29) is 5.60 Å². The monoisotopic (exact) mass is 373 g/mol. The van der Waals surface area contributed by atoms with Gasteiger partial charge in [-0.25, -0.2) is 9.97 Å². The van der Waals surface area contributed by atoms with E-state index in [1.165, 1.54) is 5.56 Å². The summed E-state index contributed by atoms with van der Waals surface area (Å²) >= 11 is 0. The lowest BCUT2D eigenvalue weighted by Crippen LogP contribution is -2.56. The molecule has 2 aromatic rings. The van der Waals surface area contributed by atoms with Crippen molar-refractivity contribution >= 4 is 5.82 Å². The lowest BCUT2D eigenvalue weighted by Gasteiger charge is -2.47. The van der Waals surface area contributed by atoms with Gasteiger partial charge in [-0.15, -0.1) is 0 Å². The van der Waals surface area contributed by atoms with Gasteiger partial charge in [0.25, 0.3) is 5.88 Å². The van der Waals surface area contributed by atoms with Crippen molar-refractivity contribution in [3.05, 3.63) is 29.4 Å². The highest BCUT2D eigenvalue weighted by Crippen LogP contribution is 2.34. The Morgan fingerprint density at radius 3 is 2.63 bits per heavy atom. The second-order valence-corrected chi connectivity index (χ2v) is 7.42. The van der Waals surface area contributed by atoms with Gasteiger partial charge in [0.15, 0.2) is 5.82 Å². The van der Waals surface area contributed by atoms with Crippen LogP contribution in [0.25, 0.3) is 0 Å². The van der Waals surface area contributed by atoms with Gasteiger partial charge < -0.3 is 18.9 Å². The maximum atomic E-state index is 6.28. The fourth-order valence-electron chi connectivity index (χ4n) is 4.12. The van der Waals surface area contributed by atoms with Crippen molar-refractivity contribution < 1.29 is 14.0 Å². The Morgan fingerprint density at radius 1 is 1.15 bits per heavy atom. The van der Waals surface area contributed by atoms with Crippen LogP contribution in [0.4, 0.5) is 5.82 Å². The summed E-state index contributed by atoms with van der Waals surface area (Å²) in [7, 11) is 1.63. The first kappa shape index (κ1) is 18.2. The van der Waals surface area contributed by atoms with Crippen molar-refractivity contribution in [1.82, 2.24) is 20.0 Å². The molecule has 1 spiro atoms. The molecule has 0 N–H and O–H groups in total. The molecular weight excluding hydrogens is 346 g/mol. The molecule has 0 unspecified atom stereocenters. The molecule has 2 aliphatic rings. The molecule has 2 aliphatic heterocycles. The number of piperidine rings is 1. The van der Waals surface area contributed by atoms with Crippen LogP contribution >= 0.6 is 0 Å². The molecule has 146 valence electrons. The highest BCUT2D eigenvalue weighted by Gasteiger charge is 2.40. The van der Waals surface area contributed by atoms with Gasteiger partial charge >= 0.3 is 0 Å². The molecule has 0 amide bonds. The summed E-state index contributed by atoms with van der Waals surface area (Å²) < 4.78 is 17.0. The number of hydrogen-bond acceptors (Lipinski definition) is 8. The van der Waals surface area contributed by atoms with E-state index in [9.17, 15) is 0 Å². The molecule has 0 bridgehead atoms. The van der Waals surface area contributed by atoms with Gasteiger partial charge in [-0.2, -0.15) is 0 Å². The minimum absolute atomic E-state index is 0.0941. The fourth-order valence-corrected chi connectivity index (χ4v) is 4.12. The minimum atomic E-state index is -0.0941. The molecule has 0 aromatic carbocycles. The number of nitrogens with zero attached hydrogens (tertiary/aromatic N) is 5. The van der Waals surface area contributed by atoms with Crippen molar-refractivity contribution in [1.29, 1.82) is 0 Å². The molecule has 0 atom stereocenters. The van der Waals surface area contributed by atoms with Gasteiger partial charge in [0.05, 0.1) is 25.0 Å². The number of anilines is 1. The van der Waals surface area contributed by atoms with Crippen molar-refractivity contribution in [3.8, 4) is 5.88 Å². The lowest BCUT2D eigenvalue weighted by atomic mass is 9.89. The highest BCUT2D eigenvalue weighted by atomic mass is 16.5. The Hall–Kier alpha value is -2.19. The summed E-state index contributed by atoms with van der Waals surface area (Å²) in [6.07, 6.45) is 5.30.